The second kappa shape index (κ2) is 3.94. The lowest BCUT2D eigenvalue weighted by molar-refractivity contribution is -0.118. The maximum Gasteiger partial charge on any atom is 0.239 e. The zero-order valence-electron chi connectivity index (χ0n) is 7.87. The van der Waals surface area contributed by atoms with Crippen molar-refractivity contribution in [3.8, 4) is 0 Å². The summed E-state index contributed by atoms with van der Waals surface area (Å²) in [6.45, 7) is 3.75. The van der Waals surface area contributed by atoms with Crippen LogP contribution in [-0.4, -0.2) is 11.9 Å². The molecule has 0 saturated carbocycles. The van der Waals surface area contributed by atoms with E-state index in [-0.39, 0.29) is 11.9 Å². The maximum atomic E-state index is 10.7. The molecule has 0 fully saturated rings. The van der Waals surface area contributed by atoms with E-state index in [9.17, 15) is 4.79 Å². The Labute approximate surface area is 77.9 Å². The Bertz CT molecular complexity index is 292. The Morgan fingerprint density at radius 3 is 2.38 bits per heavy atom. The van der Waals surface area contributed by atoms with Gasteiger partial charge in [-0.3, -0.25) is 4.79 Å². The van der Waals surface area contributed by atoms with Gasteiger partial charge in [-0.15, -0.1) is 0 Å². The molecule has 3 nitrogen and oxygen atoms in total. The van der Waals surface area contributed by atoms with Crippen LogP contribution in [0.2, 0.25) is 0 Å². The molecule has 1 aromatic rings. The first-order chi connectivity index (χ1) is 6.09. The fraction of sp³-hybridized carbons (Fsp3) is 0.300. The van der Waals surface area contributed by atoms with Gasteiger partial charge in [0.2, 0.25) is 5.91 Å². The van der Waals surface area contributed by atoms with Gasteiger partial charge in [-0.1, -0.05) is 17.7 Å². The van der Waals surface area contributed by atoms with Crippen LogP contribution < -0.4 is 11.1 Å². The molecule has 13 heavy (non-hydrogen) atoms. The minimum atomic E-state index is -0.347. The lowest BCUT2D eigenvalue weighted by Gasteiger charge is -2.11. The summed E-state index contributed by atoms with van der Waals surface area (Å²) < 4.78 is 0. The predicted octanol–water partition coefficient (Wildman–Crippen LogP) is 1.28. The molecule has 3 heteroatoms. The molecule has 1 rings (SSSR count). The Balaban J connectivity index is 2.64. The summed E-state index contributed by atoms with van der Waals surface area (Å²) in [6.07, 6.45) is 0. The number of amides is 1. The molecule has 0 radical (unpaired) electrons. The SMILES string of the molecule is Cc1ccc(N[C@H](C)C(N)=O)cc1. The first kappa shape index (κ1) is 9.58. The zero-order valence-corrected chi connectivity index (χ0v) is 7.87. The van der Waals surface area contributed by atoms with E-state index < -0.39 is 0 Å². The van der Waals surface area contributed by atoms with Crippen LogP contribution in [0.1, 0.15) is 12.5 Å². The molecule has 70 valence electrons. The summed E-state index contributed by atoms with van der Waals surface area (Å²) in [5.74, 6) is -0.347. The van der Waals surface area contributed by atoms with Crippen molar-refractivity contribution in [2.24, 2.45) is 5.73 Å². The largest absolute Gasteiger partial charge is 0.374 e. The number of anilines is 1. The third kappa shape index (κ3) is 2.78. The highest BCUT2D eigenvalue weighted by molar-refractivity contribution is 5.82. The molecule has 0 unspecified atom stereocenters. The monoisotopic (exact) mass is 178 g/mol. The van der Waals surface area contributed by atoms with Gasteiger partial charge in [-0.25, -0.2) is 0 Å². The van der Waals surface area contributed by atoms with Crippen molar-refractivity contribution >= 4 is 11.6 Å². The van der Waals surface area contributed by atoms with Crippen molar-refractivity contribution in [2.45, 2.75) is 19.9 Å². The zero-order chi connectivity index (χ0) is 9.84. The third-order valence-corrected chi connectivity index (χ3v) is 1.86. The molecule has 3 N–H and O–H groups in total. The highest BCUT2D eigenvalue weighted by atomic mass is 16.1. The van der Waals surface area contributed by atoms with Crippen molar-refractivity contribution in [3.63, 3.8) is 0 Å². The van der Waals surface area contributed by atoms with Gasteiger partial charge in [0.1, 0.15) is 6.04 Å². The molecule has 0 saturated heterocycles. The van der Waals surface area contributed by atoms with Gasteiger partial charge in [-0.2, -0.15) is 0 Å². The highest BCUT2D eigenvalue weighted by Gasteiger charge is 2.06. The number of nitrogens with one attached hydrogen (secondary N) is 1. The van der Waals surface area contributed by atoms with Crippen molar-refractivity contribution < 1.29 is 4.79 Å². The first-order valence-corrected chi connectivity index (χ1v) is 4.22. The van der Waals surface area contributed by atoms with Gasteiger partial charge in [0.05, 0.1) is 0 Å². The van der Waals surface area contributed by atoms with Gasteiger partial charge >= 0.3 is 0 Å². The number of hydrogen-bond acceptors (Lipinski definition) is 2. The molecule has 0 aliphatic heterocycles. The normalized spacial score (nSPS) is 12.2. The molecule has 0 spiro atoms. The summed E-state index contributed by atoms with van der Waals surface area (Å²) in [5.41, 5.74) is 7.22. The lowest BCUT2D eigenvalue weighted by atomic mass is 10.2. The fourth-order valence-electron chi connectivity index (χ4n) is 0.971. The number of hydrogen-bond donors (Lipinski definition) is 2. The molecule has 0 aliphatic carbocycles. The van der Waals surface area contributed by atoms with E-state index in [1.807, 2.05) is 31.2 Å². The molecule has 1 atom stereocenters. The van der Waals surface area contributed by atoms with E-state index in [2.05, 4.69) is 5.32 Å². The maximum absolute atomic E-state index is 10.7. The quantitative estimate of drug-likeness (QED) is 0.732. The minimum absolute atomic E-state index is 0.331. The number of benzene rings is 1. The van der Waals surface area contributed by atoms with Crippen LogP contribution in [0.3, 0.4) is 0 Å². The average molecular weight is 178 g/mol. The summed E-state index contributed by atoms with van der Waals surface area (Å²) >= 11 is 0. The van der Waals surface area contributed by atoms with Crippen LogP contribution in [0.4, 0.5) is 5.69 Å². The topological polar surface area (TPSA) is 55.1 Å². The van der Waals surface area contributed by atoms with Gasteiger partial charge in [0, 0.05) is 5.69 Å². The van der Waals surface area contributed by atoms with Gasteiger partial charge in [-0.05, 0) is 26.0 Å². The average Bonchev–Trinajstić information content (AvgIpc) is 2.08. The van der Waals surface area contributed by atoms with Crippen molar-refractivity contribution in [1.29, 1.82) is 0 Å². The summed E-state index contributed by atoms with van der Waals surface area (Å²) in [6, 6.07) is 7.48. The van der Waals surface area contributed by atoms with Gasteiger partial charge < -0.3 is 11.1 Å². The van der Waals surface area contributed by atoms with E-state index >= 15 is 0 Å². The van der Waals surface area contributed by atoms with E-state index in [1.165, 1.54) is 5.56 Å². The van der Waals surface area contributed by atoms with Crippen LogP contribution in [-0.2, 0) is 4.79 Å². The van der Waals surface area contributed by atoms with E-state index in [0.29, 0.717) is 0 Å². The lowest BCUT2D eigenvalue weighted by Crippen LogP contribution is -2.32. The molecule has 0 bridgehead atoms. The Hall–Kier alpha value is -1.51. The number of aryl methyl sites for hydroxylation is 1. The molecular weight excluding hydrogens is 164 g/mol. The molecule has 1 amide bonds. The second-order valence-corrected chi connectivity index (χ2v) is 3.13. The molecule has 0 heterocycles. The Kier molecular flexibility index (Phi) is 2.90. The van der Waals surface area contributed by atoms with Crippen LogP contribution in [0, 0.1) is 6.92 Å². The molecule has 1 aromatic carbocycles. The minimum Gasteiger partial charge on any atom is -0.374 e. The van der Waals surface area contributed by atoms with Crippen LogP contribution in [0.25, 0.3) is 0 Å². The number of carbonyl (C=O) groups excluding carboxylic acids is 1. The number of carbonyl (C=O) groups is 1. The first-order valence-electron chi connectivity index (χ1n) is 4.22. The van der Waals surface area contributed by atoms with E-state index in [1.54, 1.807) is 6.92 Å². The number of rotatable bonds is 3. The smallest absolute Gasteiger partial charge is 0.239 e. The number of nitrogens with two attached hydrogens (primary N) is 1. The van der Waals surface area contributed by atoms with Gasteiger partial charge in [0.15, 0.2) is 0 Å². The molecule has 0 aromatic heterocycles. The van der Waals surface area contributed by atoms with Crippen LogP contribution >= 0.6 is 0 Å². The fourth-order valence-corrected chi connectivity index (χ4v) is 0.971. The predicted molar refractivity (Wildman–Crippen MR) is 53.5 cm³/mol. The molecule has 0 aliphatic rings. The second-order valence-electron chi connectivity index (χ2n) is 3.13. The summed E-state index contributed by atoms with van der Waals surface area (Å²) in [5, 5.41) is 2.99. The summed E-state index contributed by atoms with van der Waals surface area (Å²) in [7, 11) is 0. The Morgan fingerprint density at radius 2 is 1.92 bits per heavy atom. The van der Waals surface area contributed by atoms with Crippen molar-refractivity contribution in [2.75, 3.05) is 5.32 Å². The van der Waals surface area contributed by atoms with Crippen LogP contribution in [0.15, 0.2) is 24.3 Å². The standard InChI is InChI=1S/C10H14N2O/c1-7-3-5-9(6-4-7)12-8(2)10(11)13/h3-6,8,12H,1-2H3,(H2,11,13)/t8-/m1/s1. The van der Waals surface area contributed by atoms with E-state index in [0.717, 1.165) is 5.69 Å². The van der Waals surface area contributed by atoms with E-state index in [4.69, 9.17) is 5.73 Å². The molecular formula is C10H14N2O. The van der Waals surface area contributed by atoms with Gasteiger partial charge in [0.25, 0.3) is 0 Å². The summed E-state index contributed by atoms with van der Waals surface area (Å²) in [4.78, 5) is 10.7. The number of primary amides is 1. The van der Waals surface area contributed by atoms with Crippen molar-refractivity contribution in [3.05, 3.63) is 29.8 Å². The third-order valence-electron chi connectivity index (χ3n) is 1.86. The van der Waals surface area contributed by atoms with Crippen molar-refractivity contribution in [1.82, 2.24) is 0 Å². The Morgan fingerprint density at radius 1 is 1.38 bits per heavy atom. The van der Waals surface area contributed by atoms with Crippen LogP contribution in [0.5, 0.6) is 0 Å². The highest BCUT2D eigenvalue weighted by Crippen LogP contribution is 2.09.